The maximum absolute atomic E-state index is 4.90. The Balaban J connectivity index is 3.38. The van der Waals surface area contributed by atoms with Gasteiger partial charge in [0.2, 0.25) is 0 Å². The summed E-state index contributed by atoms with van der Waals surface area (Å²) < 4.78 is 9.80. The van der Waals surface area contributed by atoms with Gasteiger partial charge in [-0.05, 0) is 0 Å². The van der Waals surface area contributed by atoms with Gasteiger partial charge < -0.3 is 14.8 Å². The summed E-state index contributed by atoms with van der Waals surface area (Å²) in [5.41, 5.74) is 1.47. The molecule has 0 radical (unpaired) electrons. The molecule has 60 valence electrons. The van der Waals surface area contributed by atoms with Gasteiger partial charge in [-0.25, -0.2) is 0 Å². The van der Waals surface area contributed by atoms with Crippen molar-refractivity contribution in [1.82, 2.24) is 5.32 Å². The van der Waals surface area contributed by atoms with Crippen LogP contribution in [0.1, 0.15) is 0 Å². The minimum atomic E-state index is 0.174. The average molecular weight is 163 g/mol. The first-order valence-electron chi connectivity index (χ1n) is 3.02. The number of nitrogens with one attached hydrogen (secondary N) is 1. The number of hydrogen-bond donors (Lipinski definition) is 1. The minimum Gasteiger partial charge on any atom is -0.382 e. The Morgan fingerprint density at radius 1 is 1.40 bits per heavy atom. The molecule has 0 saturated heterocycles. The van der Waals surface area contributed by atoms with Gasteiger partial charge >= 0.3 is 0 Å². The molecule has 0 aliphatic rings. The van der Waals surface area contributed by atoms with E-state index in [0.717, 1.165) is 0 Å². The first kappa shape index (κ1) is 9.81. The summed E-state index contributed by atoms with van der Waals surface area (Å²) in [7, 11) is 3.29. The molecule has 0 aliphatic heterocycles. The number of methoxy groups -OCH3 is 2. The third-order valence-electron chi connectivity index (χ3n) is 1.04. The highest BCUT2D eigenvalue weighted by atomic mass is 32.1. The zero-order valence-corrected chi connectivity index (χ0v) is 7.11. The molecule has 0 atom stereocenters. The summed E-state index contributed by atoms with van der Waals surface area (Å²) in [5.74, 6) is 0. The molecule has 0 aromatic carbocycles. The molecule has 0 aliphatic carbocycles. The molecule has 4 heteroatoms. The largest absolute Gasteiger partial charge is 0.382 e. The third-order valence-corrected chi connectivity index (χ3v) is 1.18. The predicted octanol–water partition coefficient (Wildman–Crippen LogP) is 0.195. The third kappa shape index (κ3) is 4.67. The van der Waals surface area contributed by atoms with Gasteiger partial charge in [-0.3, -0.25) is 0 Å². The highest BCUT2D eigenvalue weighted by Crippen LogP contribution is 1.83. The summed E-state index contributed by atoms with van der Waals surface area (Å²) in [6.07, 6.45) is 0. The minimum absolute atomic E-state index is 0.174. The Bertz CT molecular complexity index is 83.8. The van der Waals surface area contributed by atoms with E-state index in [9.17, 15) is 0 Å². The van der Waals surface area contributed by atoms with E-state index in [1.54, 1.807) is 14.2 Å². The highest BCUT2D eigenvalue weighted by molar-refractivity contribution is 7.78. The van der Waals surface area contributed by atoms with Crippen LogP contribution in [0.25, 0.3) is 0 Å². The van der Waals surface area contributed by atoms with Gasteiger partial charge in [-0.2, -0.15) is 0 Å². The lowest BCUT2D eigenvalue weighted by Crippen LogP contribution is -2.35. The molecule has 10 heavy (non-hydrogen) atoms. The Morgan fingerprint density at radius 3 is 2.20 bits per heavy atom. The Morgan fingerprint density at radius 2 is 1.90 bits per heavy atom. The van der Waals surface area contributed by atoms with E-state index in [0.29, 0.717) is 13.2 Å². The van der Waals surface area contributed by atoms with Crippen LogP contribution in [0.5, 0.6) is 0 Å². The maximum atomic E-state index is 4.90. The van der Waals surface area contributed by atoms with Crippen LogP contribution < -0.4 is 5.32 Å². The Kier molecular flexibility index (Phi) is 6.79. The molecule has 0 bridgehead atoms. The van der Waals surface area contributed by atoms with Crippen molar-refractivity contribution in [1.29, 1.82) is 0 Å². The number of rotatable bonds is 6. The van der Waals surface area contributed by atoms with E-state index in [2.05, 4.69) is 17.5 Å². The lowest BCUT2D eigenvalue weighted by atomic mass is 10.3. The van der Waals surface area contributed by atoms with Crippen molar-refractivity contribution in [2.24, 2.45) is 0 Å². The van der Waals surface area contributed by atoms with E-state index < -0.39 is 0 Å². The Hall–Kier alpha value is -0.190. The monoisotopic (exact) mass is 163 g/mol. The van der Waals surface area contributed by atoms with E-state index >= 15 is 0 Å². The van der Waals surface area contributed by atoms with Gasteiger partial charge in [-0.15, -0.1) is 0 Å². The van der Waals surface area contributed by atoms with E-state index in [1.165, 1.54) is 5.49 Å². The molecule has 0 aromatic heterocycles. The lowest BCUT2D eigenvalue weighted by molar-refractivity contribution is 0.112. The zero-order valence-electron chi connectivity index (χ0n) is 6.29. The Labute approximate surface area is 66.7 Å². The SMILES string of the molecule is COCC(COC)NC=S. The molecule has 3 nitrogen and oxygen atoms in total. The second-order valence-corrected chi connectivity index (χ2v) is 2.13. The number of ether oxygens (including phenoxy) is 2. The molecule has 0 spiro atoms. The second kappa shape index (κ2) is 6.92. The van der Waals surface area contributed by atoms with E-state index in [1.807, 2.05) is 0 Å². The summed E-state index contributed by atoms with van der Waals surface area (Å²) >= 11 is 4.61. The van der Waals surface area contributed by atoms with Crippen LogP contribution >= 0.6 is 12.2 Å². The van der Waals surface area contributed by atoms with Crippen LogP contribution in [-0.2, 0) is 9.47 Å². The molecular weight excluding hydrogens is 150 g/mol. The van der Waals surface area contributed by atoms with Crippen molar-refractivity contribution >= 4 is 17.7 Å². The molecular formula is C6H13NO2S. The number of hydrogen-bond acceptors (Lipinski definition) is 3. The quantitative estimate of drug-likeness (QED) is 0.566. The molecule has 0 aromatic rings. The molecule has 0 saturated carbocycles. The van der Waals surface area contributed by atoms with Crippen molar-refractivity contribution in [3.63, 3.8) is 0 Å². The summed E-state index contributed by atoms with van der Waals surface area (Å²) in [6.45, 7) is 1.22. The molecule has 0 amide bonds. The van der Waals surface area contributed by atoms with Crippen molar-refractivity contribution in [2.75, 3.05) is 27.4 Å². The van der Waals surface area contributed by atoms with Crippen molar-refractivity contribution in [3.8, 4) is 0 Å². The predicted molar refractivity (Wildman–Crippen MR) is 44.3 cm³/mol. The van der Waals surface area contributed by atoms with Gasteiger partial charge in [0, 0.05) is 14.2 Å². The van der Waals surface area contributed by atoms with Crippen LogP contribution in [0.15, 0.2) is 0 Å². The standard InChI is InChI=1S/C6H13NO2S/c1-8-3-6(4-9-2)7-5-10/h5-6H,3-4H2,1-2H3,(H,7,10). The van der Waals surface area contributed by atoms with Crippen molar-refractivity contribution in [3.05, 3.63) is 0 Å². The fourth-order valence-corrected chi connectivity index (χ4v) is 0.835. The van der Waals surface area contributed by atoms with Gasteiger partial charge in [0.1, 0.15) is 0 Å². The van der Waals surface area contributed by atoms with Crippen LogP contribution in [0, 0.1) is 0 Å². The average Bonchev–Trinajstić information content (AvgIpc) is 1.90. The van der Waals surface area contributed by atoms with Gasteiger partial charge in [0.05, 0.1) is 24.7 Å². The van der Waals surface area contributed by atoms with Crippen LogP contribution in [0.3, 0.4) is 0 Å². The molecule has 0 heterocycles. The normalized spacial score (nSPS) is 9.90. The van der Waals surface area contributed by atoms with E-state index in [4.69, 9.17) is 9.47 Å². The first-order chi connectivity index (χ1) is 4.85. The molecule has 0 rings (SSSR count). The van der Waals surface area contributed by atoms with E-state index in [-0.39, 0.29) is 6.04 Å². The fraction of sp³-hybridized carbons (Fsp3) is 0.833. The molecule has 0 fully saturated rings. The molecule has 1 N–H and O–H groups in total. The second-order valence-electron chi connectivity index (χ2n) is 1.89. The topological polar surface area (TPSA) is 30.5 Å². The zero-order chi connectivity index (χ0) is 7.82. The van der Waals surface area contributed by atoms with Crippen LogP contribution in [0.2, 0.25) is 0 Å². The molecule has 0 unspecified atom stereocenters. The summed E-state index contributed by atoms with van der Waals surface area (Å²) in [5, 5.41) is 2.92. The summed E-state index contributed by atoms with van der Waals surface area (Å²) in [6, 6.07) is 0.174. The van der Waals surface area contributed by atoms with Crippen molar-refractivity contribution in [2.45, 2.75) is 6.04 Å². The van der Waals surface area contributed by atoms with Crippen LogP contribution in [0.4, 0.5) is 0 Å². The summed E-state index contributed by atoms with van der Waals surface area (Å²) in [4.78, 5) is 0. The van der Waals surface area contributed by atoms with Gasteiger partial charge in [-0.1, -0.05) is 12.2 Å². The lowest BCUT2D eigenvalue weighted by Gasteiger charge is -2.13. The smallest absolute Gasteiger partial charge is 0.0730 e. The fourth-order valence-electron chi connectivity index (χ4n) is 0.643. The first-order valence-corrected chi connectivity index (χ1v) is 3.49. The van der Waals surface area contributed by atoms with Gasteiger partial charge in [0.15, 0.2) is 0 Å². The van der Waals surface area contributed by atoms with Crippen molar-refractivity contribution < 1.29 is 9.47 Å². The maximum Gasteiger partial charge on any atom is 0.0730 e. The van der Waals surface area contributed by atoms with Gasteiger partial charge in [0.25, 0.3) is 0 Å². The highest BCUT2D eigenvalue weighted by Gasteiger charge is 2.03. The number of thiocarbonyl (C=S) groups is 1. The van der Waals surface area contributed by atoms with Crippen LogP contribution in [-0.4, -0.2) is 39.0 Å².